The van der Waals surface area contributed by atoms with Crippen molar-refractivity contribution in [2.45, 2.75) is 25.8 Å². The van der Waals surface area contributed by atoms with E-state index >= 15 is 0 Å². The smallest absolute Gasteiger partial charge is 0.223 e. The SMILES string of the molecule is Cc1cnc(CN(C)C(=O)CC(c2ccccc2)c2ccccc2Cl)[nH]1. The van der Waals surface area contributed by atoms with E-state index in [2.05, 4.69) is 9.97 Å². The molecule has 0 spiro atoms. The molecule has 0 aliphatic carbocycles. The molecule has 4 nitrogen and oxygen atoms in total. The lowest BCUT2D eigenvalue weighted by molar-refractivity contribution is -0.130. The van der Waals surface area contributed by atoms with Gasteiger partial charge in [-0.2, -0.15) is 0 Å². The van der Waals surface area contributed by atoms with Crippen molar-refractivity contribution in [3.63, 3.8) is 0 Å². The number of carbonyl (C=O) groups excluding carboxylic acids is 1. The van der Waals surface area contributed by atoms with Gasteiger partial charge in [0, 0.05) is 36.3 Å². The third kappa shape index (κ3) is 4.33. The topological polar surface area (TPSA) is 49.0 Å². The average Bonchev–Trinajstić information content (AvgIpc) is 3.05. The van der Waals surface area contributed by atoms with Crippen LogP contribution in [0.3, 0.4) is 0 Å². The van der Waals surface area contributed by atoms with Crippen LogP contribution in [0.2, 0.25) is 5.02 Å². The molecule has 0 aliphatic heterocycles. The molecule has 1 atom stereocenters. The van der Waals surface area contributed by atoms with Crippen LogP contribution in [0.15, 0.2) is 60.8 Å². The average molecular weight is 368 g/mol. The Balaban J connectivity index is 1.81. The molecule has 134 valence electrons. The largest absolute Gasteiger partial charge is 0.345 e. The van der Waals surface area contributed by atoms with Crippen LogP contribution < -0.4 is 0 Å². The molecule has 1 aromatic heterocycles. The highest BCUT2D eigenvalue weighted by Crippen LogP contribution is 2.33. The van der Waals surface area contributed by atoms with Crippen LogP contribution in [0, 0.1) is 6.92 Å². The van der Waals surface area contributed by atoms with Crippen LogP contribution in [0.1, 0.15) is 35.0 Å². The van der Waals surface area contributed by atoms with Gasteiger partial charge in [0.05, 0.1) is 6.54 Å². The van der Waals surface area contributed by atoms with Crippen molar-refractivity contribution in [3.05, 3.63) is 88.5 Å². The number of imidazole rings is 1. The number of nitrogens with zero attached hydrogens (tertiary/aromatic N) is 2. The van der Waals surface area contributed by atoms with Crippen LogP contribution in [-0.2, 0) is 11.3 Å². The predicted octanol–water partition coefficient (Wildman–Crippen LogP) is 4.55. The minimum atomic E-state index is -0.0850. The van der Waals surface area contributed by atoms with Gasteiger partial charge in [0.15, 0.2) is 0 Å². The van der Waals surface area contributed by atoms with Crippen LogP contribution in [0.4, 0.5) is 0 Å². The molecule has 0 bridgehead atoms. The monoisotopic (exact) mass is 367 g/mol. The van der Waals surface area contributed by atoms with Crippen molar-refractivity contribution in [2.24, 2.45) is 0 Å². The molecule has 1 heterocycles. The molecule has 5 heteroatoms. The van der Waals surface area contributed by atoms with Gasteiger partial charge < -0.3 is 9.88 Å². The molecule has 26 heavy (non-hydrogen) atoms. The molecule has 3 aromatic rings. The van der Waals surface area contributed by atoms with Gasteiger partial charge in [-0.15, -0.1) is 0 Å². The Morgan fingerprint density at radius 2 is 1.85 bits per heavy atom. The molecule has 1 amide bonds. The zero-order valence-corrected chi connectivity index (χ0v) is 15.7. The van der Waals surface area contributed by atoms with Gasteiger partial charge in [0.25, 0.3) is 0 Å². The lowest BCUT2D eigenvalue weighted by Gasteiger charge is -2.22. The van der Waals surface area contributed by atoms with Gasteiger partial charge in [-0.1, -0.05) is 60.1 Å². The summed E-state index contributed by atoms with van der Waals surface area (Å²) in [5, 5.41) is 0.679. The standard InChI is InChI=1S/C21H22ClN3O/c1-15-13-23-20(24-15)14-25(2)21(26)12-18(16-8-4-3-5-9-16)17-10-6-7-11-19(17)22/h3-11,13,18H,12,14H2,1-2H3,(H,23,24). The van der Waals surface area contributed by atoms with Gasteiger partial charge in [-0.05, 0) is 24.1 Å². The van der Waals surface area contributed by atoms with E-state index in [4.69, 9.17) is 11.6 Å². The zero-order chi connectivity index (χ0) is 18.5. The summed E-state index contributed by atoms with van der Waals surface area (Å²) in [5.41, 5.74) is 3.03. The summed E-state index contributed by atoms with van der Waals surface area (Å²) in [6, 6.07) is 17.7. The number of H-pyrrole nitrogens is 1. The normalized spacial score (nSPS) is 12.0. The lowest BCUT2D eigenvalue weighted by atomic mass is 9.88. The molecule has 3 rings (SSSR count). The van der Waals surface area contributed by atoms with Crippen molar-refractivity contribution in [1.82, 2.24) is 14.9 Å². The van der Waals surface area contributed by atoms with Gasteiger partial charge in [0.2, 0.25) is 5.91 Å². The number of aromatic amines is 1. The molecule has 0 aliphatic rings. The fourth-order valence-electron chi connectivity index (χ4n) is 3.04. The molecule has 0 fully saturated rings. The number of aromatic nitrogens is 2. The molecular formula is C21H22ClN3O. The summed E-state index contributed by atoms with van der Waals surface area (Å²) in [5.74, 6) is 0.748. The second-order valence-corrected chi connectivity index (χ2v) is 6.86. The first kappa shape index (κ1) is 18.2. The number of nitrogens with one attached hydrogen (secondary N) is 1. The molecule has 0 radical (unpaired) electrons. The van der Waals surface area contributed by atoms with Crippen LogP contribution in [-0.4, -0.2) is 27.8 Å². The van der Waals surface area contributed by atoms with Gasteiger partial charge in [-0.3, -0.25) is 4.79 Å². The van der Waals surface area contributed by atoms with E-state index in [-0.39, 0.29) is 11.8 Å². The summed E-state index contributed by atoms with van der Waals surface area (Å²) in [6.45, 7) is 2.40. The van der Waals surface area contributed by atoms with Crippen LogP contribution >= 0.6 is 11.6 Å². The van der Waals surface area contributed by atoms with Crippen molar-refractivity contribution in [1.29, 1.82) is 0 Å². The van der Waals surface area contributed by atoms with E-state index in [9.17, 15) is 4.79 Å². The number of carbonyl (C=O) groups is 1. The number of amides is 1. The fraction of sp³-hybridized carbons (Fsp3) is 0.238. The zero-order valence-electron chi connectivity index (χ0n) is 14.9. The van der Waals surface area contributed by atoms with Gasteiger partial charge >= 0.3 is 0 Å². The van der Waals surface area contributed by atoms with E-state index in [1.807, 2.05) is 61.5 Å². The molecule has 0 saturated heterocycles. The molecule has 1 N–H and O–H groups in total. The van der Waals surface area contributed by atoms with E-state index in [0.29, 0.717) is 18.0 Å². The van der Waals surface area contributed by atoms with Crippen molar-refractivity contribution < 1.29 is 4.79 Å². The maximum Gasteiger partial charge on any atom is 0.223 e. The summed E-state index contributed by atoms with van der Waals surface area (Å²) in [7, 11) is 1.80. The fourth-order valence-corrected chi connectivity index (χ4v) is 3.31. The summed E-state index contributed by atoms with van der Waals surface area (Å²) >= 11 is 6.42. The second-order valence-electron chi connectivity index (χ2n) is 6.45. The minimum Gasteiger partial charge on any atom is -0.345 e. The minimum absolute atomic E-state index is 0.0489. The van der Waals surface area contributed by atoms with Crippen molar-refractivity contribution >= 4 is 17.5 Å². The Labute approximate surface area is 158 Å². The lowest BCUT2D eigenvalue weighted by Crippen LogP contribution is -2.28. The summed E-state index contributed by atoms with van der Waals surface area (Å²) in [6.07, 6.45) is 2.12. The highest BCUT2D eigenvalue weighted by Gasteiger charge is 2.22. The molecule has 0 saturated carbocycles. The molecule has 2 aromatic carbocycles. The van der Waals surface area contributed by atoms with Gasteiger partial charge in [0.1, 0.15) is 5.82 Å². The van der Waals surface area contributed by atoms with E-state index in [0.717, 1.165) is 22.6 Å². The number of halogens is 1. The maximum absolute atomic E-state index is 12.9. The van der Waals surface area contributed by atoms with Crippen molar-refractivity contribution in [2.75, 3.05) is 7.05 Å². The predicted molar refractivity (Wildman–Crippen MR) is 104 cm³/mol. The van der Waals surface area contributed by atoms with E-state index in [1.165, 1.54) is 0 Å². The Kier molecular flexibility index (Phi) is 5.74. The number of hydrogen-bond donors (Lipinski definition) is 1. The Hall–Kier alpha value is -2.59. The number of hydrogen-bond acceptors (Lipinski definition) is 2. The quantitative estimate of drug-likeness (QED) is 0.694. The second kappa shape index (κ2) is 8.19. The molecule has 1 unspecified atom stereocenters. The third-order valence-electron chi connectivity index (χ3n) is 4.43. The van der Waals surface area contributed by atoms with E-state index < -0.39 is 0 Å². The first-order valence-corrected chi connectivity index (χ1v) is 8.96. The van der Waals surface area contributed by atoms with E-state index in [1.54, 1.807) is 18.1 Å². The first-order valence-electron chi connectivity index (χ1n) is 8.58. The Bertz CT molecular complexity index is 876. The highest BCUT2D eigenvalue weighted by molar-refractivity contribution is 6.31. The third-order valence-corrected chi connectivity index (χ3v) is 4.77. The summed E-state index contributed by atoms with van der Waals surface area (Å²) in [4.78, 5) is 22.0. The van der Waals surface area contributed by atoms with Crippen LogP contribution in [0.5, 0.6) is 0 Å². The maximum atomic E-state index is 12.9. The Morgan fingerprint density at radius 1 is 1.15 bits per heavy atom. The Morgan fingerprint density at radius 3 is 2.50 bits per heavy atom. The first-order chi connectivity index (χ1) is 12.5. The number of benzene rings is 2. The van der Waals surface area contributed by atoms with Crippen molar-refractivity contribution in [3.8, 4) is 0 Å². The highest BCUT2D eigenvalue weighted by atomic mass is 35.5. The number of aryl methyl sites for hydroxylation is 1. The summed E-state index contributed by atoms with van der Waals surface area (Å²) < 4.78 is 0. The number of rotatable bonds is 6. The van der Waals surface area contributed by atoms with Crippen LogP contribution in [0.25, 0.3) is 0 Å². The van der Waals surface area contributed by atoms with Gasteiger partial charge in [-0.25, -0.2) is 4.98 Å². The molecular weight excluding hydrogens is 346 g/mol.